The number of amides is 1. The van der Waals surface area contributed by atoms with Gasteiger partial charge in [-0.05, 0) is 37.5 Å². The maximum Gasteiger partial charge on any atom is 0.237 e. The van der Waals surface area contributed by atoms with E-state index in [-0.39, 0.29) is 5.91 Å². The van der Waals surface area contributed by atoms with Gasteiger partial charge in [-0.15, -0.1) is 10.2 Å². The second kappa shape index (κ2) is 6.08. The first-order chi connectivity index (χ1) is 10.7. The van der Waals surface area contributed by atoms with Gasteiger partial charge in [-0.1, -0.05) is 36.6 Å². The maximum atomic E-state index is 13.0. The fourth-order valence-corrected chi connectivity index (χ4v) is 3.41. The molecule has 6 heteroatoms. The highest BCUT2D eigenvalue weighted by Gasteiger charge is 2.43. The summed E-state index contributed by atoms with van der Waals surface area (Å²) in [6, 6.07) is 7.62. The van der Waals surface area contributed by atoms with Gasteiger partial charge >= 0.3 is 0 Å². The molecule has 0 radical (unpaired) electrons. The lowest BCUT2D eigenvalue weighted by molar-refractivity contribution is -0.121. The van der Waals surface area contributed by atoms with Crippen LogP contribution in [0.25, 0.3) is 0 Å². The number of carbonyl (C=O) groups is 1. The molecule has 1 amide bonds. The van der Waals surface area contributed by atoms with Gasteiger partial charge in [-0.2, -0.15) is 0 Å². The number of aromatic nitrogens is 3. The zero-order valence-corrected chi connectivity index (χ0v) is 13.3. The molecule has 116 valence electrons. The molecule has 1 aliphatic carbocycles. The van der Waals surface area contributed by atoms with Crippen molar-refractivity contribution in [3.05, 3.63) is 41.2 Å². The number of anilines is 1. The van der Waals surface area contributed by atoms with Crippen LogP contribution in [0.2, 0.25) is 5.02 Å². The Bertz CT molecular complexity index is 676. The summed E-state index contributed by atoms with van der Waals surface area (Å²) < 4.78 is 1.82. The lowest BCUT2D eigenvalue weighted by Gasteiger charge is -2.28. The molecule has 0 spiro atoms. The van der Waals surface area contributed by atoms with Crippen molar-refractivity contribution in [2.45, 2.75) is 44.6 Å². The lowest BCUT2D eigenvalue weighted by Crippen LogP contribution is -2.38. The standard InChI is InChI=1S/C16H19ClN4O/c1-2-21-11-18-20-15(21)19-14(22)16(8-3-4-9-16)12-6-5-7-13(17)10-12/h5-7,10-11H,2-4,8-9H2,1H3,(H,19,20,22). The van der Waals surface area contributed by atoms with E-state index >= 15 is 0 Å². The third-order valence-electron chi connectivity index (χ3n) is 4.45. The zero-order valence-electron chi connectivity index (χ0n) is 12.6. The predicted octanol–water partition coefficient (Wildman–Crippen LogP) is 3.40. The Morgan fingerprint density at radius 1 is 1.41 bits per heavy atom. The van der Waals surface area contributed by atoms with Crippen molar-refractivity contribution < 1.29 is 4.79 Å². The first-order valence-corrected chi connectivity index (χ1v) is 7.99. The van der Waals surface area contributed by atoms with E-state index in [1.54, 1.807) is 6.33 Å². The number of rotatable bonds is 4. The summed E-state index contributed by atoms with van der Waals surface area (Å²) in [4.78, 5) is 13.0. The van der Waals surface area contributed by atoms with E-state index in [0.717, 1.165) is 31.2 Å². The average molecular weight is 319 g/mol. The smallest absolute Gasteiger partial charge is 0.237 e. The van der Waals surface area contributed by atoms with E-state index in [1.807, 2.05) is 35.8 Å². The van der Waals surface area contributed by atoms with Crippen molar-refractivity contribution in [2.75, 3.05) is 5.32 Å². The third kappa shape index (κ3) is 2.61. The van der Waals surface area contributed by atoms with Crippen LogP contribution in [0.15, 0.2) is 30.6 Å². The minimum absolute atomic E-state index is 0.0185. The van der Waals surface area contributed by atoms with Crippen LogP contribution in [0.3, 0.4) is 0 Å². The van der Waals surface area contributed by atoms with Gasteiger partial charge in [-0.3, -0.25) is 10.1 Å². The molecule has 1 heterocycles. The van der Waals surface area contributed by atoms with Crippen molar-refractivity contribution in [3.63, 3.8) is 0 Å². The van der Waals surface area contributed by atoms with Crippen LogP contribution in [-0.4, -0.2) is 20.7 Å². The van der Waals surface area contributed by atoms with Crippen molar-refractivity contribution in [3.8, 4) is 0 Å². The molecule has 0 atom stereocenters. The Balaban J connectivity index is 1.92. The summed E-state index contributed by atoms with van der Waals surface area (Å²) in [6.07, 6.45) is 5.37. The van der Waals surface area contributed by atoms with Gasteiger partial charge in [0.05, 0.1) is 5.41 Å². The van der Waals surface area contributed by atoms with Crippen LogP contribution >= 0.6 is 11.6 Å². The van der Waals surface area contributed by atoms with Gasteiger partial charge in [0.1, 0.15) is 6.33 Å². The lowest BCUT2D eigenvalue weighted by atomic mass is 9.78. The minimum atomic E-state index is -0.518. The van der Waals surface area contributed by atoms with Crippen LogP contribution < -0.4 is 5.32 Å². The van der Waals surface area contributed by atoms with Gasteiger partial charge in [0.2, 0.25) is 11.9 Å². The van der Waals surface area contributed by atoms with Crippen LogP contribution in [0.4, 0.5) is 5.95 Å². The van der Waals surface area contributed by atoms with Crippen LogP contribution in [0.5, 0.6) is 0 Å². The molecule has 0 aliphatic heterocycles. The second-order valence-electron chi connectivity index (χ2n) is 5.69. The SMILES string of the molecule is CCn1cnnc1NC(=O)C1(c2cccc(Cl)c2)CCCC1. The Kier molecular flexibility index (Phi) is 4.16. The average Bonchev–Trinajstić information content (AvgIpc) is 3.16. The Hall–Kier alpha value is -1.88. The number of halogens is 1. The van der Waals surface area contributed by atoms with E-state index in [2.05, 4.69) is 15.5 Å². The predicted molar refractivity (Wildman–Crippen MR) is 85.9 cm³/mol. The summed E-state index contributed by atoms with van der Waals surface area (Å²) in [6.45, 7) is 2.70. The normalized spacial score (nSPS) is 16.6. The Labute approximate surface area is 134 Å². The molecule has 1 saturated carbocycles. The molecule has 0 saturated heterocycles. The van der Waals surface area contributed by atoms with Crippen molar-refractivity contribution in [1.82, 2.24) is 14.8 Å². The Morgan fingerprint density at radius 3 is 2.86 bits per heavy atom. The van der Waals surface area contributed by atoms with Gasteiger partial charge in [-0.25, -0.2) is 0 Å². The minimum Gasteiger partial charge on any atom is -0.300 e. The number of nitrogens with one attached hydrogen (secondary N) is 1. The van der Waals surface area contributed by atoms with Crippen molar-refractivity contribution in [2.24, 2.45) is 0 Å². The molecule has 2 aromatic rings. The molecule has 5 nitrogen and oxygen atoms in total. The van der Waals surface area contributed by atoms with Crippen LogP contribution in [0, 0.1) is 0 Å². The van der Waals surface area contributed by atoms with E-state index < -0.39 is 5.41 Å². The molecule has 1 aliphatic rings. The molecule has 1 aromatic heterocycles. The van der Waals surface area contributed by atoms with E-state index in [4.69, 9.17) is 11.6 Å². The van der Waals surface area contributed by atoms with E-state index in [1.165, 1.54) is 0 Å². The number of benzene rings is 1. The number of hydrogen-bond acceptors (Lipinski definition) is 3. The molecule has 0 unspecified atom stereocenters. The second-order valence-corrected chi connectivity index (χ2v) is 6.13. The first kappa shape index (κ1) is 15.0. The van der Waals surface area contributed by atoms with Gasteiger partial charge in [0.15, 0.2) is 0 Å². The molecular weight excluding hydrogens is 300 g/mol. The van der Waals surface area contributed by atoms with E-state index in [9.17, 15) is 4.79 Å². The van der Waals surface area contributed by atoms with Crippen molar-refractivity contribution in [1.29, 1.82) is 0 Å². The topological polar surface area (TPSA) is 59.8 Å². The van der Waals surface area contributed by atoms with Gasteiger partial charge in [0.25, 0.3) is 0 Å². The summed E-state index contributed by atoms with van der Waals surface area (Å²) in [5, 5.41) is 11.5. The fraction of sp³-hybridized carbons (Fsp3) is 0.438. The number of nitrogens with zero attached hydrogens (tertiary/aromatic N) is 3. The van der Waals surface area contributed by atoms with E-state index in [0.29, 0.717) is 17.5 Å². The van der Waals surface area contributed by atoms with Gasteiger partial charge in [0, 0.05) is 11.6 Å². The molecule has 1 aromatic carbocycles. The van der Waals surface area contributed by atoms with Crippen LogP contribution in [0.1, 0.15) is 38.2 Å². The van der Waals surface area contributed by atoms with Crippen LogP contribution in [-0.2, 0) is 16.8 Å². The molecule has 0 bridgehead atoms. The highest BCUT2D eigenvalue weighted by Crippen LogP contribution is 2.42. The molecule has 1 fully saturated rings. The number of carbonyl (C=O) groups excluding carboxylic acids is 1. The largest absolute Gasteiger partial charge is 0.300 e. The molecule has 1 N–H and O–H groups in total. The molecule has 22 heavy (non-hydrogen) atoms. The highest BCUT2D eigenvalue weighted by molar-refractivity contribution is 6.30. The number of hydrogen-bond donors (Lipinski definition) is 1. The summed E-state index contributed by atoms with van der Waals surface area (Å²) >= 11 is 6.12. The summed E-state index contributed by atoms with van der Waals surface area (Å²) in [5.41, 5.74) is 0.465. The fourth-order valence-electron chi connectivity index (χ4n) is 3.22. The summed E-state index contributed by atoms with van der Waals surface area (Å²) in [7, 11) is 0. The first-order valence-electron chi connectivity index (χ1n) is 7.61. The number of aryl methyl sites for hydroxylation is 1. The monoisotopic (exact) mass is 318 g/mol. The molecule has 3 rings (SSSR count). The maximum absolute atomic E-state index is 13.0. The zero-order chi connectivity index (χ0) is 15.6. The third-order valence-corrected chi connectivity index (χ3v) is 4.69. The highest BCUT2D eigenvalue weighted by atomic mass is 35.5. The Morgan fingerprint density at radius 2 is 2.18 bits per heavy atom. The summed E-state index contributed by atoms with van der Waals surface area (Å²) in [5.74, 6) is 0.482. The quantitative estimate of drug-likeness (QED) is 0.939. The van der Waals surface area contributed by atoms with Crippen molar-refractivity contribution >= 4 is 23.5 Å². The molecular formula is C16H19ClN4O. The van der Waals surface area contributed by atoms with Gasteiger partial charge < -0.3 is 4.57 Å².